The lowest BCUT2D eigenvalue weighted by Crippen LogP contribution is -2.24. The van der Waals surface area contributed by atoms with Crippen LogP contribution in [0, 0.1) is 17.8 Å². The van der Waals surface area contributed by atoms with Gasteiger partial charge in [0, 0.05) is 0 Å². The van der Waals surface area contributed by atoms with Crippen molar-refractivity contribution < 1.29 is 0 Å². The number of nitrogens with one attached hydrogen (secondary N) is 1. The Hall–Kier alpha value is -0.0400. The van der Waals surface area contributed by atoms with Crippen LogP contribution < -0.4 is 5.32 Å². The van der Waals surface area contributed by atoms with Crippen molar-refractivity contribution in [1.29, 1.82) is 0 Å². The summed E-state index contributed by atoms with van der Waals surface area (Å²) in [5.41, 5.74) is 0. The monoisotopic (exact) mass is 211 g/mol. The zero-order valence-corrected chi connectivity index (χ0v) is 10.9. The van der Waals surface area contributed by atoms with Gasteiger partial charge in [-0.15, -0.1) is 0 Å². The summed E-state index contributed by atoms with van der Waals surface area (Å²) in [6, 6.07) is 0. The second-order valence-electron chi connectivity index (χ2n) is 5.69. The summed E-state index contributed by atoms with van der Waals surface area (Å²) < 4.78 is 0. The Balaban J connectivity index is 2.23. The molecule has 1 atom stereocenters. The van der Waals surface area contributed by atoms with Gasteiger partial charge in [0.1, 0.15) is 0 Å². The average Bonchev–Trinajstić information content (AvgIpc) is 2.68. The van der Waals surface area contributed by atoms with E-state index in [-0.39, 0.29) is 0 Å². The van der Waals surface area contributed by atoms with Gasteiger partial charge in [-0.3, -0.25) is 0 Å². The first-order valence-electron chi connectivity index (χ1n) is 6.88. The molecule has 0 spiro atoms. The third-order valence-electron chi connectivity index (χ3n) is 3.89. The van der Waals surface area contributed by atoms with E-state index in [0.717, 1.165) is 17.8 Å². The SMILES string of the molecule is CNCC(CCCC(C)C)C1CCCC1. The van der Waals surface area contributed by atoms with Crippen LogP contribution in [0.15, 0.2) is 0 Å². The molecule has 0 amide bonds. The molecule has 1 fully saturated rings. The van der Waals surface area contributed by atoms with Crippen LogP contribution in [0.1, 0.15) is 58.8 Å². The molecule has 0 radical (unpaired) electrons. The van der Waals surface area contributed by atoms with Crippen LogP contribution in [0.3, 0.4) is 0 Å². The lowest BCUT2D eigenvalue weighted by Gasteiger charge is -2.23. The summed E-state index contributed by atoms with van der Waals surface area (Å²) in [5, 5.41) is 3.38. The summed E-state index contributed by atoms with van der Waals surface area (Å²) in [6.07, 6.45) is 10.2. The minimum atomic E-state index is 0.879. The van der Waals surface area contributed by atoms with Crippen molar-refractivity contribution in [3.8, 4) is 0 Å². The number of hydrogen-bond acceptors (Lipinski definition) is 1. The molecule has 1 N–H and O–H groups in total. The van der Waals surface area contributed by atoms with Crippen LogP contribution in [0.2, 0.25) is 0 Å². The van der Waals surface area contributed by atoms with Crippen LogP contribution in [0.5, 0.6) is 0 Å². The molecular formula is C14H29N. The maximum absolute atomic E-state index is 3.38. The molecule has 90 valence electrons. The summed E-state index contributed by atoms with van der Waals surface area (Å²) in [6.45, 7) is 5.91. The third-order valence-corrected chi connectivity index (χ3v) is 3.89. The van der Waals surface area contributed by atoms with E-state index in [2.05, 4.69) is 26.2 Å². The Morgan fingerprint density at radius 2 is 1.80 bits per heavy atom. The fourth-order valence-corrected chi connectivity index (χ4v) is 2.98. The molecule has 0 aromatic rings. The minimum absolute atomic E-state index is 0.879. The lowest BCUT2D eigenvalue weighted by atomic mass is 9.86. The molecule has 0 aliphatic heterocycles. The van der Waals surface area contributed by atoms with Gasteiger partial charge in [-0.1, -0.05) is 52.4 Å². The molecule has 1 aliphatic rings. The molecule has 1 nitrogen and oxygen atoms in total. The highest BCUT2D eigenvalue weighted by atomic mass is 14.8. The molecule has 1 heteroatoms. The molecule has 0 saturated heterocycles. The molecule has 15 heavy (non-hydrogen) atoms. The molecule has 1 unspecified atom stereocenters. The van der Waals surface area contributed by atoms with Crippen molar-refractivity contribution in [2.45, 2.75) is 58.8 Å². The Kier molecular flexibility index (Phi) is 6.31. The van der Waals surface area contributed by atoms with E-state index < -0.39 is 0 Å². The first-order valence-corrected chi connectivity index (χ1v) is 6.88. The quantitative estimate of drug-likeness (QED) is 0.674. The Morgan fingerprint density at radius 1 is 1.13 bits per heavy atom. The predicted molar refractivity (Wildman–Crippen MR) is 68.1 cm³/mol. The van der Waals surface area contributed by atoms with E-state index in [9.17, 15) is 0 Å². The Labute approximate surface area is 96.0 Å². The van der Waals surface area contributed by atoms with E-state index in [1.54, 1.807) is 0 Å². The Morgan fingerprint density at radius 3 is 2.33 bits per heavy atom. The van der Waals surface area contributed by atoms with Gasteiger partial charge in [0.2, 0.25) is 0 Å². The van der Waals surface area contributed by atoms with Gasteiger partial charge in [-0.25, -0.2) is 0 Å². The fourth-order valence-electron chi connectivity index (χ4n) is 2.98. The van der Waals surface area contributed by atoms with Gasteiger partial charge in [-0.2, -0.15) is 0 Å². The molecular weight excluding hydrogens is 182 g/mol. The summed E-state index contributed by atoms with van der Waals surface area (Å²) >= 11 is 0. The van der Waals surface area contributed by atoms with Gasteiger partial charge in [0.15, 0.2) is 0 Å². The highest BCUT2D eigenvalue weighted by molar-refractivity contribution is 4.76. The lowest BCUT2D eigenvalue weighted by molar-refractivity contribution is 0.297. The van der Waals surface area contributed by atoms with Crippen LogP contribution in [0.25, 0.3) is 0 Å². The van der Waals surface area contributed by atoms with Gasteiger partial charge in [0.25, 0.3) is 0 Å². The average molecular weight is 211 g/mol. The maximum atomic E-state index is 3.38. The minimum Gasteiger partial charge on any atom is -0.319 e. The van der Waals surface area contributed by atoms with Crippen molar-refractivity contribution in [3.63, 3.8) is 0 Å². The molecule has 1 aliphatic carbocycles. The van der Waals surface area contributed by atoms with E-state index in [1.807, 2.05) is 0 Å². The standard InChI is InChI=1S/C14H29N/c1-12(2)7-6-10-14(11-15-3)13-8-4-5-9-13/h12-15H,4-11H2,1-3H3. The zero-order chi connectivity index (χ0) is 11.1. The molecule has 0 aromatic heterocycles. The van der Waals surface area contributed by atoms with Crippen LogP contribution >= 0.6 is 0 Å². The summed E-state index contributed by atoms with van der Waals surface area (Å²) in [7, 11) is 2.10. The first kappa shape index (κ1) is 13.0. The molecule has 1 saturated carbocycles. The second kappa shape index (κ2) is 7.27. The molecule has 0 bridgehead atoms. The topological polar surface area (TPSA) is 12.0 Å². The summed E-state index contributed by atoms with van der Waals surface area (Å²) in [5.74, 6) is 2.87. The van der Waals surface area contributed by atoms with Crippen molar-refractivity contribution >= 4 is 0 Å². The van der Waals surface area contributed by atoms with Gasteiger partial charge in [0.05, 0.1) is 0 Å². The first-order chi connectivity index (χ1) is 7.24. The van der Waals surface area contributed by atoms with E-state index in [0.29, 0.717) is 0 Å². The normalized spacial score (nSPS) is 20.0. The van der Waals surface area contributed by atoms with Crippen LogP contribution in [-0.2, 0) is 0 Å². The van der Waals surface area contributed by atoms with Crippen molar-refractivity contribution in [1.82, 2.24) is 5.32 Å². The Bertz CT molecular complexity index is 147. The van der Waals surface area contributed by atoms with Gasteiger partial charge < -0.3 is 5.32 Å². The van der Waals surface area contributed by atoms with Crippen molar-refractivity contribution in [2.24, 2.45) is 17.8 Å². The smallest absolute Gasteiger partial charge is 0.00209 e. The predicted octanol–water partition coefficient (Wildman–Crippen LogP) is 3.84. The zero-order valence-electron chi connectivity index (χ0n) is 10.9. The largest absolute Gasteiger partial charge is 0.319 e. The molecule has 0 heterocycles. The van der Waals surface area contributed by atoms with Gasteiger partial charge >= 0.3 is 0 Å². The van der Waals surface area contributed by atoms with Crippen LogP contribution in [-0.4, -0.2) is 13.6 Å². The second-order valence-corrected chi connectivity index (χ2v) is 5.69. The van der Waals surface area contributed by atoms with E-state index in [1.165, 1.54) is 51.5 Å². The van der Waals surface area contributed by atoms with E-state index in [4.69, 9.17) is 0 Å². The third kappa shape index (κ3) is 5.01. The highest BCUT2D eigenvalue weighted by Gasteiger charge is 2.23. The van der Waals surface area contributed by atoms with E-state index >= 15 is 0 Å². The van der Waals surface area contributed by atoms with Gasteiger partial charge in [-0.05, 0) is 37.8 Å². The molecule has 1 rings (SSSR count). The van der Waals surface area contributed by atoms with Crippen molar-refractivity contribution in [2.75, 3.05) is 13.6 Å². The fraction of sp³-hybridized carbons (Fsp3) is 1.00. The number of rotatable bonds is 7. The van der Waals surface area contributed by atoms with Crippen LogP contribution in [0.4, 0.5) is 0 Å². The number of hydrogen-bond donors (Lipinski definition) is 1. The highest BCUT2D eigenvalue weighted by Crippen LogP contribution is 2.33. The van der Waals surface area contributed by atoms with Crippen molar-refractivity contribution in [3.05, 3.63) is 0 Å². The molecule has 0 aromatic carbocycles. The maximum Gasteiger partial charge on any atom is -0.00209 e. The summed E-state index contributed by atoms with van der Waals surface area (Å²) in [4.78, 5) is 0.